The normalized spacial score (nSPS) is 16.7. The number of alkyl halides is 3. The zero-order valence-electron chi connectivity index (χ0n) is 17.2. The first-order valence-corrected chi connectivity index (χ1v) is 10.7. The molecule has 172 valence electrons. The lowest BCUT2D eigenvalue weighted by molar-refractivity contribution is -0.274. The van der Waals surface area contributed by atoms with Crippen molar-refractivity contribution in [2.75, 3.05) is 6.61 Å². The average molecular weight is 479 g/mol. The van der Waals surface area contributed by atoms with Gasteiger partial charge in [0.1, 0.15) is 11.6 Å². The molecular weight excluding hydrogens is 461 g/mol. The molecule has 33 heavy (non-hydrogen) atoms. The number of aromatic amines is 1. The van der Waals surface area contributed by atoms with Gasteiger partial charge in [-0.3, -0.25) is 4.79 Å². The van der Waals surface area contributed by atoms with Crippen LogP contribution in [-0.2, 0) is 17.7 Å². The summed E-state index contributed by atoms with van der Waals surface area (Å²) in [7, 11) is 0. The summed E-state index contributed by atoms with van der Waals surface area (Å²) in [5.74, 6) is -0.0615. The molecule has 1 saturated heterocycles. The van der Waals surface area contributed by atoms with Gasteiger partial charge >= 0.3 is 6.36 Å². The summed E-state index contributed by atoms with van der Waals surface area (Å²) in [5.41, 5.74) is 1.14. The van der Waals surface area contributed by atoms with Gasteiger partial charge in [-0.2, -0.15) is 5.10 Å². The van der Waals surface area contributed by atoms with Gasteiger partial charge in [-0.1, -0.05) is 29.8 Å². The Morgan fingerprint density at radius 1 is 1.24 bits per heavy atom. The number of ether oxygens (including phenoxy) is 2. The van der Waals surface area contributed by atoms with E-state index in [0.29, 0.717) is 41.0 Å². The number of aromatic nitrogens is 4. The van der Waals surface area contributed by atoms with E-state index in [1.54, 1.807) is 12.1 Å². The molecule has 1 atom stereocenters. The number of benzene rings is 2. The molecule has 0 bridgehead atoms. The third-order valence-electron chi connectivity index (χ3n) is 5.49. The minimum absolute atomic E-state index is 0.0652. The van der Waals surface area contributed by atoms with Gasteiger partial charge in [0.05, 0.1) is 46.2 Å². The number of fused-ring (bicyclic) bond motifs is 2. The van der Waals surface area contributed by atoms with Crippen LogP contribution >= 0.6 is 11.6 Å². The van der Waals surface area contributed by atoms with Crippen LogP contribution in [-0.4, -0.2) is 38.8 Å². The smallest absolute Gasteiger partial charge is 0.404 e. The molecule has 5 rings (SSSR count). The lowest BCUT2D eigenvalue weighted by atomic mass is 10.1. The second kappa shape index (κ2) is 8.35. The summed E-state index contributed by atoms with van der Waals surface area (Å²) in [4.78, 5) is 20.4. The maximum absolute atomic E-state index is 13.0. The number of halogens is 4. The second-order valence-electron chi connectivity index (χ2n) is 7.82. The number of rotatable bonds is 5. The number of H-pyrrole nitrogens is 1. The topological polar surface area (TPSA) is 82.0 Å². The first-order valence-electron chi connectivity index (χ1n) is 10.3. The predicted molar refractivity (Wildman–Crippen MR) is 116 cm³/mol. The lowest BCUT2D eigenvalue weighted by Crippen LogP contribution is -2.30. The molecule has 0 radical (unpaired) electrons. The Balaban J connectivity index is 1.53. The molecule has 2 aromatic carbocycles. The summed E-state index contributed by atoms with van der Waals surface area (Å²) >= 11 is 5.94. The number of nitrogens with one attached hydrogen (secondary N) is 1. The van der Waals surface area contributed by atoms with Crippen molar-refractivity contribution >= 4 is 33.4 Å². The van der Waals surface area contributed by atoms with E-state index in [1.807, 2.05) is 12.1 Å². The fourth-order valence-corrected chi connectivity index (χ4v) is 4.25. The van der Waals surface area contributed by atoms with Crippen molar-refractivity contribution in [1.82, 2.24) is 19.7 Å². The van der Waals surface area contributed by atoms with Crippen molar-refractivity contribution in [3.8, 4) is 5.75 Å². The highest BCUT2D eigenvalue weighted by Crippen LogP contribution is 2.33. The van der Waals surface area contributed by atoms with Gasteiger partial charge in [0.15, 0.2) is 0 Å². The molecule has 2 aromatic heterocycles. The molecule has 11 heteroatoms. The van der Waals surface area contributed by atoms with Crippen molar-refractivity contribution in [1.29, 1.82) is 0 Å². The van der Waals surface area contributed by atoms with Crippen LogP contribution in [0.4, 0.5) is 13.2 Å². The molecule has 0 amide bonds. The second-order valence-corrected chi connectivity index (χ2v) is 8.23. The number of hydrogen-bond donors (Lipinski definition) is 1. The van der Waals surface area contributed by atoms with Crippen molar-refractivity contribution in [3.05, 3.63) is 63.3 Å². The van der Waals surface area contributed by atoms with Crippen LogP contribution in [0.5, 0.6) is 5.75 Å². The van der Waals surface area contributed by atoms with Gasteiger partial charge in [0.2, 0.25) is 0 Å². The van der Waals surface area contributed by atoms with Crippen LogP contribution in [0.3, 0.4) is 0 Å². The van der Waals surface area contributed by atoms with Gasteiger partial charge in [-0.25, -0.2) is 9.67 Å². The van der Waals surface area contributed by atoms with E-state index < -0.39 is 12.1 Å². The minimum Gasteiger partial charge on any atom is -0.404 e. The molecule has 4 aromatic rings. The molecule has 0 saturated carbocycles. The summed E-state index contributed by atoms with van der Waals surface area (Å²) in [6.45, 7) is 1.02. The Kier molecular flexibility index (Phi) is 5.49. The Labute approximate surface area is 190 Å². The SMILES string of the molecule is O=c1c2ccccc2c(Cc2nc3cc(OC(F)(F)F)c(Cl)cc3[nH]2)nn1CC1CCCO1. The highest BCUT2D eigenvalue weighted by molar-refractivity contribution is 6.32. The van der Waals surface area contributed by atoms with E-state index >= 15 is 0 Å². The average Bonchev–Trinajstić information content (AvgIpc) is 3.40. The standard InChI is InChI=1S/C22H18ClF3N4O3/c23-15-8-17-18(9-19(15)33-22(24,25)26)28-20(27-17)10-16-13-5-1-2-6-14(13)21(31)30(29-16)11-12-4-3-7-32-12/h1-2,5-6,8-9,12H,3-4,7,10-11H2,(H,27,28). The summed E-state index contributed by atoms with van der Waals surface area (Å²) in [6.07, 6.45) is -2.89. The quantitative estimate of drug-likeness (QED) is 0.453. The number of nitrogens with zero attached hydrogens (tertiary/aromatic N) is 3. The molecule has 1 aliphatic heterocycles. The Morgan fingerprint density at radius 2 is 2.03 bits per heavy atom. The van der Waals surface area contributed by atoms with E-state index in [9.17, 15) is 18.0 Å². The van der Waals surface area contributed by atoms with Crippen molar-refractivity contribution in [2.45, 2.75) is 38.3 Å². The lowest BCUT2D eigenvalue weighted by Gasteiger charge is -2.13. The monoisotopic (exact) mass is 478 g/mol. The Hall–Kier alpha value is -3.11. The van der Waals surface area contributed by atoms with Crippen LogP contribution in [0, 0.1) is 0 Å². The fraction of sp³-hybridized carbons (Fsp3) is 0.318. The molecule has 0 spiro atoms. The first-order chi connectivity index (χ1) is 15.8. The number of hydrogen-bond acceptors (Lipinski definition) is 5. The van der Waals surface area contributed by atoms with Gasteiger partial charge in [-0.15, -0.1) is 13.2 Å². The van der Waals surface area contributed by atoms with Crippen molar-refractivity contribution in [3.63, 3.8) is 0 Å². The maximum Gasteiger partial charge on any atom is 0.573 e. The van der Waals surface area contributed by atoms with Crippen LogP contribution in [0.15, 0.2) is 41.2 Å². The summed E-state index contributed by atoms with van der Waals surface area (Å²) < 4.78 is 48.9. The highest BCUT2D eigenvalue weighted by atomic mass is 35.5. The van der Waals surface area contributed by atoms with Crippen molar-refractivity contribution < 1.29 is 22.6 Å². The third kappa shape index (κ3) is 4.53. The van der Waals surface area contributed by atoms with Gasteiger partial charge in [-0.05, 0) is 25.0 Å². The van der Waals surface area contributed by atoms with Gasteiger partial charge in [0, 0.05) is 18.1 Å². The van der Waals surface area contributed by atoms with E-state index in [4.69, 9.17) is 16.3 Å². The maximum atomic E-state index is 13.0. The van der Waals surface area contributed by atoms with E-state index in [1.165, 1.54) is 10.7 Å². The number of imidazole rings is 1. The molecular formula is C22H18ClF3N4O3. The molecule has 1 aliphatic rings. The zero-order valence-corrected chi connectivity index (χ0v) is 17.9. The molecule has 3 heterocycles. The van der Waals surface area contributed by atoms with Crippen LogP contribution in [0.2, 0.25) is 5.02 Å². The minimum atomic E-state index is -4.87. The van der Waals surface area contributed by atoms with E-state index in [-0.39, 0.29) is 28.6 Å². The molecule has 1 unspecified atom stereocenters. The molecule has 7 nitrogen and oxygen atoms in total. The predicted octanol–water partition coefficient (Wildman–Crippen LogP) is 4.59. The van der Waals surface area contributed by atoms with Gasteiger partial charge < -0.3 is 14.5 Å². The first kappa shape index (κ1) is 21.7. The molecule has 0 aliphatic carbocycles. The van der Waals surface area contributed by atoms with Crippen LogP contribution in [0.25, 0.3) is 21.8 Å². The van der Waals surface area contributed by atoms with Crippen molar-refractivity contribution in [2.24, 2.45) is 0 Å². The van der Waals surface area contributed by atoms with E-state index in [0.717, 1.165) is 18.9 Å². The van der Waals surface area contributed by atoms with Gasteiger partial charge in [0.25, 0.3) is 5.56 Å². The molecule has 1 N–H and O–H groups in total. The fourth-order valence-electron chi connectivity index (χ4n) is 4.05. The van der Waals surface area contributed by atoms with E-state index in [2.05, 4.69) is 19.8 Å². The Bertz CT molecular complexity index is 1390. The van der Waals surface area contributed by atoms with Crippen LogP contribution < -0.4 is 10.3 Å². The largest absolute Gasteiger partial charge is 0.573 e. The zero-order chi connectivity index (χ0) is 23.2. The third-order valence-corrected chi connectivity index (χ3v) is 5.79. The van der Waals surface area contributed by atoms with Crippen LogP contribution in [0.1, 0.15) is 24.4 Å². The highest BCUT2D eigenvalue weighted by Gasteiger charge is 2.32. The summed E-state index contributed by atoms with van der Waals surface area (Å²) in [6, 6.07) is 9.62. The Morgan fingerprint density at radius 3 is 2.76 bits per heavy atom. The molecule has 1 fully saturated rings. The summed E-state index contributed by atoms with van der Waals surface area (Å²) in [5, 5.41) is 5.60.